The largest absolute Gasteiger partial charge is 0.504 e. The highest BCUT2D eigenvalue weighted by Crippen LogP contribution is 2.31. The third kappa shape index (κ3) is 7.20. The number of aromatic nitrogens is 2. The zero-order valence-electron chi connectivity index (χ0n) is 17.6. The maximum absolute atomic E-state index is 12.7. The van der Waals surface area contributed by atoms with Gasteiger partial charge in [-0.15, -0.1) is 0 Å². The predicted octanol–water partition coefficient (Wildman–Crippen LogP) is 2.72. The van der Waals surface area contributed by atoms with E-state index >= 15 is 0 Å². The molecule has 0 aliphatic heterocycles. The topological polar surface area (TPSA) is 138 Å². The Hall–Kier alpha value is -3.61. The molecule has 33 heavy (non-hydrogen) atoms. The van der Waals surface area contributed by atoms with E-state index in [4.69, 9.17) is 9.47 Å². The average Bonchev–Trinajstić information content (AvgIpc) is 3.33. The number of phenols is 1. The molecule has 0 spiro atoms. The highest BCUT2D eigenvalue weighted by Gasteiger charge is 2.22. The third-order valence-electron chi connectivity index (χ3n) is 4.46. The van der Waals surface area contributed by atoms with Crippen LogP contribution < -0.4 is 15.5 Å². The van der Waals surface area contributed by atoms with E-state index in [0.717, 1.165) is 5.56 Å². The molecule has 0 aliphatic rings. The number of benzene rings is 2. The van der Waals surface area contributed by atoms with Crippen molar-refractivity contribution in [2.45, 2.75) is 19.1 Å². The summed E-state index contributed by atoms with van der Waals surface area (Å²) in [5.41, 5.74) is 4.50. The minimum atomic E-state index is -0.958. The second-order valence-electron chi connectivity index (χ2n) is 6.83. The number of alkyl carbamates (subject to hydrolysis) is 1. The minimum absolute atomic E-state index is 0.0251. The molecule has 0 radical (unpaired) electrons. The number of phenolic OH excluding ortho intramolecular Hbond substituents is 1. The number of rotatable bonds is 9. The van der Waals surface area contributed by atoms with Crippen molar-refractivity contribution in [3.63, 3.8) is 0 Å². The molecule has 2 amide bonds. The summed E-state index contributed by atoms with van der Waals surface area (Å²) in [4.78, 5) is 31.8. The van der Waals surface area contributed by atoms with Crippen molar-refractivity contribution in [1.82, 2.24) is 20.7 Å². The minimum Gasteiger partial charge on any atom is -0.504 e. The van der Waals surface area contributed by atoms with Gasteiger partial charge >= 0.3 is 6.09 Å². The number of amides is 2. The molecule has 0 aliphatic carbocycles. The van der Waals surface area contributed by atoms with E-state index in [1.165, 1.54) is 19.7 Å². The maximum Gasteiger partial charge on any atom is 0.408 e. The molecule has 0 saturated heterocycles. The number of aromatic amines is 1. The molecule has 2 aromatic carbocycles. The van der Waals surface area contributed by atoms with Crippen LogP contribution in [-0.2, 0) is 22.6 Å². The Bertz CT molecular complexity index is 1110. The smallest absolute Gasteiger partial charge is 0.408 e. The Morgan fingerprint density at radius 3 is 2.79 bits per heavy atom. The summed E-state index contributed by atoms with van der Waals surface area (Å²) in [5.74, 6) is -0.232. The summed E-state index contributed by atoms with van der Waals surface area (Å²) < 4.78 is 10.9. The average molecular weight is 563 g/mol. The molecule has 1 atom stereocenters. The number of imidazole rings is 1. The fourth-order valence-electron chi connectivity index (χ4n) is 2.80. The molecule has 4 N–H and O–H groups in total. The highest BCUT2D eigenvalue weighted by atomic mass is 127. The normalized spacial score (nSPS) is 11.7. The number of hydrazone groups is 1. The third-order valence-corrected chi connectivity index (χ3v) is 5.28. The lowest BCUT2D eigenvalue weighted by molar-refractivity contribution is -0.123. The Morgan fingerprint density at radius 2 is 2.09 bits per heavy atom. The maximum atomic E-state index is 12.7. The van der Waals surface area contributed by atoms with Gasteiger partial charge in [-0.2, -0.15) is 5.10 Å². The summed E-state index contributed by atoms with van der Waals surface area (Å²) in [5, 5.41) is 16.4. The molecule has 3 rings (SSSR count). The van der Waals surface area contributed by atoms with Crippen molar-refractivity contribution >= 4 is 40.8 Å². The van der Waals surface area contributed by atoms with Crippen LogP contribution in [0.2, 0.25) is 0 Å². The van der Waals surface area contributed by atoms with Gasteiger partial charge < -0.3 is 24.9 Å². The molecule has 0 fully saturated rings. The summed E-state index contributed by atoms with van der Waals surface area (Å²) in [6.45, 7) is 0.0740. The quantitative estimate of drug-likeness (QED) is 0.180. The number of ether oxygens (including phenoxy) is 2. The van der Waals surface area contributed by atoms with E-state index in [2.05, 4.69) is 25.8 Å². The van der Waals surface area contributed by atoms with E-state index in [-0.39, 0.29) is 24.5 Å². The van der Waals surface area contributed by atoms with Crippen LogP contribution in [0.3, 0.4) is 0 Å². The molecule has 3 aromatic rings. The number of carbonyl (C=O) groups excluding carboxylic acids is 2. The Kier molecular flexibility index (Phi) is 8.63. The van der Waals surface area contributed by atoms with E-state index in [1.54, 1.807) is 18.3 Å². The lowest BCUT2D eigenvalue weighted by Crippen LogP contribution is -2.47. The number of aromatic hydroxyl groups is 1. The van der Waals surface area contributed by atoms with Crippen molar-refractivity contribution in [3.8, 4) is 11.5 Å². The van der Waals surface area contributed by atoms with Crippen LogP contribution in [0.4, 0.5) is 4.79 Å². The summed E-state index contributed by atoms with van der Waals surface area (Å²) >= 11 is 1.96. The van der Waals surface area contributed by atoms with Crippen molar-refractivity contribution < 1.29 is 24.2 Å². The van der Waals surface area contributed by atoms with Gasteiger partial charge in [0, 0.05) is 18.3 Å². The molecule has 0 saturated carbocycles. The lowest BCUT2D eigenvalue weighted by Gasteiger charge is -2.16. The van der Waals surface area contributed by atoms with Crippen LogP contribution >= 0.6 is 22.6 Å². The number of nitrogens with one attached hydrogen (secondary N) is 3. The van der Waals surface area contributed by atoms with Crippen LogP contribution in [0.25, 0.3) is 0 Å². The number of methoxy groups -OCH3 is 1. The first-order chi connectivity index (χ1) is 16.0. The van der Waals surface area contributed by atoms with E-state index in [9.17, 15) is 14.7 Å². The summed E-state index contributed by atoms with van der Waals surface area (Å²) in [6.07, 6.45) is 3.87. The zero-order chi connectivity index (χ0) is 23.6. The van der Waals surface area contributed by atoms with E-state index in [0.29, 0.717) is 14.8 Å². The molecule has 172 valence electrons. The van der Waals surface area contributed by atoms with Gasteiger partial charge in [-0.1, -0.05) is 30.3 Å². The molecule has 1 aromatic heterocycles. The number of halogens is 1. The molecule has 0 bridgehead atoms. The van der Waals surface area contributed by atoms with Crippen molar-refractivity contribution in [3.05, 3.63) is 75.4 Å². The highest BCUT2D eigenvalue weighted by molar-refractivity contribution is 14.1. The first kappa shape index (κ1) is 24.0. The van der Waals surface area contributed by atoms with Gasteiger partial charge in [0.15, 0.2) is 11.5 Å². The summed E-state index contributed by atoms with van der Waals surface area (Å²) in [6, 6.07) is 11.5. The molecule has 1 heterocycles. The van der Waals surface area contributed by atoms with Gasteiger partial charge in [0.25, 0.3) is 5.91 Å². The van der Waals surface area contributed by atoms with Crippen LogP contribution in [0, 0.1) is 3.57 Å². The van der Waals surface area contributed by atoms with Crippen LogP contribution in [0.5, 0.6) is 11.5 Å². The Labute approximate surface area is 203 Å². The lowest BCUT2D eigenvalue weighted by atomic mass is 10.1. The second-order valence-corrected chi connectivity index (χ2v) is 7.99. The van der Waals surface area contributed by atoms with Crippen molar-refractivity contribution in [1.29, 1.82) is 0 Å². The van der Waals surface area contributed by atoms with Gasteiger partial charge in [-0.3, -0.25) is 4.79 Å². The van der Waals surface area contributed by atoms with Crippen molar-refractivity contribution in [2.24, 2.45) is 5.10 Å². The first-order valence-electron chi connectivity index (χ1n) is 9.80. The van der Waals surface area contributed by atoms with Gasteiger partial charge in [0.1, 0.15) is 12.6 Å². The number of nitrogens with zero attached hydrogens (tertiary/aromatic N) is 2. The molecular weight excluding hydrogens is 541 g/mol. The molecular formula is C22H22IN5O5. The van der Waals surface area contributed by atoms with Crippen LogP contribution in [0.1, 0.15) is 16.8 Å². The number of H-pyrrole nitrogens is 1. The number of hydrogen-bond donors (Lipinski definition) is 4. The van der Waals surface area contributed by atoms with Crippen LogP contribution in [0.15, 0.2) is 60.1 Å². The van der Waals surface area contributed by atoms with Gasteiger partial charge in [0.05, 0.1) is 23.2 Å². The van der Waals surface area contributed by atoms with Gasteiger partial charge in [-0.25, -0.2) is 15.2 Å². The van der Waals surface area contributed by atoms with E-state index in [1.807, 2.05) is 52.9 Å². The second kappa shape index (κ2) is 11.9. The molecule has 0 unspecified atom stereocenters. The van der Waals surface area contributed by atoms with Gasteiger partial charge in [0.2, 0.25) is 0 Å². The monoisotopic (exact) mass is 563 g/mol. The Morgan fingerprint density at radius 1 is 1.30 bits per heavy atom. The number of carbonyl (C=O) groups is 2. The SMILES string of the molecule is COc1cc(/C=N\NC(=O)[C@H](Cc2cnc[nH]2)NC(=O)OCc2ccccc2)cc(I)c1O. The molecule has 11 heteroatoms. The van der Waals surface area contributed by atoms with E-state index < -0.39 is 18.0 Å². The standard InChI is InChI=1S/C22H22IN5O5/c1-32-19-8-15(7-17(23)20(19)29)10-26-28-21(30)18(9-16-11-24-13-25-16)27-22(31)33-12-14-5-3-2-4-6-14/h2-8,10-11,13,18,29H,9,12H2,1H3,(H,24,25)(H,27,31)(H,28,30)/b26-10-/t18-/m0/s1. The van der Waals surface area contributed by atoms with Crippen LogP contribution in [-0.4, -0.2) is 46.4 Å². The van der Waals surface area contributed by atoms with Crippen molar-refractivity contribution in [2.75, 3.05) is 7.11 Å². The summed E-state index contributed by atoms with van der Waals surface area (Å²) in [7, 11) is 1.44. The number of hydrogen-bond acceptors (Lipinski definition) is 7. The molecule has 10 nitrogen and oxygen atoms in total. The fraction of sp³-hybridized carbons (Fsp3) is 0.182. The van der Waals surface area contributed by atoms with Gasteiger partial charge in [-0.05, 0) is 45.9 Å². The first-order valence-corrected chi connectivity index (χ1v) is 10.9. The predicted molar refractivity (Wildman–Crippen MR) is 129 cm³/mol. The Balaban J connectivity index is 1.63. The fourth-order valence-corrected chi connectivity index (χ4v) is 3.43. The zero-order valence-corrected chi connectivity index (χ0v) is 19.8.